The minimum atomic E-state index is -0.944. The monoisotopic (exact) mass is 527 g/mol. The Morgan fingerprint density at radius 2 is 1.72 bits per heavy atom. The molecule has 39 heavy (non-hydrogen) atoms. The van der Waals surface area contributed by atoms with Gasteiger partial charge in [0.25, 0.3) is 0 Å². The highest BCUT2D eigenvalue weighted by Gasteiger charge is 2.35. The molecule has 1 atom stereocenters. The first-order valence-corrected chi connectivity index (χ1v) is 13.1. The number of carbonyl (C=O) groups is 2. The summed E-state index contributed by atoms with van der Waals surface area (Å²) in [5.74, 6) is 0.510. The number of para-hydroxylation sites is 1. The number of hydrogen-bond donors (Lipinski definition) is 1. The van der Waals surface area contributed by atoms with Gasteiger partial charge in [-0.25, -0.2) is 4.68 Å². The van der Waals surface area contributed by atoms with Crippen molar-refractivity contribution in [1.29, 1.82) is 0 Å². The molecule has 3 aromatic carbocycles. The first-order chi connectivity index (χ1) is 18.7. The van der Waals surface area contributed by atoms with E-state index in [9.17, 15) is 9.59 Å². The molecule has 9 nitrogen and oxygen atoms in total. The SMILES string of the molecule is CCc1ccc(C(C(=O)NC(C)(C)C)N(C(=O)Cn2nnc3ccccc32)c2ccc3c(c2)OCCO3)cc1. The van der Waals surface area contributed by atoms with Gasteiger partial charge in [0, 0.05) is 17.3 Å². The summed E-state index contributed by atoms with van der Waals surface area (Å²) in [5, 5.41) is 11.5. The Balaban J connectivity index is 1.62. The molecule has 2 heterocycles. The van der Waals surface area contributed by atoms with Gasteiger partial charge in [0.1, 0.15) is 31.3 Å². The molecule has 9 heteroatoms. The average Bonchev–Trinajstić information content (AvgIpc) is 3.33. The number of amides is 2. The van der Waals surface area contributed by atoms with Crippen LogP contribution in [-0.2, 0) is 22.6 Å². The Bertz CT molecular complexity index is 1490. The first kappa shape index (κ1) is 26.2. The number of aromatic nitrogens is 3. The van der Waals surface area contributed by atoms with Crippen molar-refractivity contribution in [3.63, 3.8) is 0 Å². The van der Waals surface area contributed by atoms with Crippen LogP contribution in [0.4, 0.5) is 5.69 Å². The average molecular weight is 528 g/mol. The van der Waals surface area contributed by atoms with Crippen molar-refractivity contribution >= 4 is 28.5 Å². The predicted molar refractivity (Wildman–Crippen MR) is 149 cm³/mol. The summed E-state index contributed by atoms with van der Waals surface area (Å²) in [4.78, 5) is 29.7. The number of fused-ring (bicyclic) bond motifs is 2. The topological polar surface area (TPSA) is 98.6 Å². The van der Waals surface area contributed by atoms with Crippen molar-refractivity contribution in [3.05, 3.63) is 77.9 Å². The summed E-state index contributed by atoms with van der Waals surface area (Å²) in [5.41, 5.74) is 3.26. The number of rotatable bonds is 7. The number of anilines is 1. The van der Waals surface area contributed by atoms with Crippen LogP contribution in [0.3, 0.4) is 0 Å². The molecule has 2 amide bonds. The van der Waals surface area contributed by atoms with E-state index in [1.54, 1.807) is 22.9 Å². The molecule has 0 bridgehead atoms. The zero-order valence-corrected chi connectivity index (χ0v) is 22.7. The summed E-state index contributed by atoms with van der Waals surface area (Å²) in [6, 6.07) is 19.6. The van der Waals surface area contributed by atoms with Gasteiger partial charge in [-0.3, -0.25) is 14.5 Å². The van der Waals surface area contributed by atoms with Crippen molar-refractivity contribution in [2.24, 2.45) is 0 Å². The molecule has 1 aliphatic rings. The quantitative estimate of drug-likeness (QED) is 0.381. The van der Waals surface area contributed by atoms with E-state index in [0.29, 0.717) is 41.5 Å². The fourth-order valence-electron chi connectivity index (χ4n) is 4.65. The maximum atomic E-state index is 14.2. The van der Waals surface area contributed by atoms with Crippen LogP contribution in [0.5, 0.6) is 11.5 Å². The fraction of sp³-hybridized carbons (Fsp3) is 0.333. The lowest BCUT2D eigenvalue weighted by atomic mass is 9.99. The number of hydrogen-bond acceptors (Lipinski definition) is 6. The Morgan fingerprint density at radius 1 is 1.00 bits per heavy atom. The molecule has 1 aliphatic heterocycles. The molecule has 0 saturated heterocycles. The summed E-state index contributed by atoms with van der Waals surface area (Å²) in [6.45, 7) is 8.57. The Labute approximate surface area is 227 Å². The maximum absolute atomic E-state index is 14.2. The van der Waals surface area contributed by atoms with E-state index in [0.717, 1.165) is 17.5 Å². The number of ether oxygens (including phenoxy) is 2. The summed E-state index contributed by atoms with van der Waals surface area (Å²) < 4.78 is 13.1. The number of nitrogens with zero attached hydrogens (tertiary/aromatic N) is 4. The molecular formula is C30H33N5O4. The van der Waals surface area contributed by atoms with E-state index >= 15 is 0 Å². The first-order valence-electron chi connectivity index (χ1n) is 13.1. The Hall–Kier alpha value is -4.40. The zero-order valence-electron chi connectivity index (χ0n) is 22.7. The van der Waals surface area contributed by atoms with Crippen LogP contribution in [0.2, 0.25) is 0 Å². The largest absolute Gasteiger partial charge is 0.486 e. The lowest BCUT2D eigenvalue weighted by Crippen LogP contribution is -2.50. The molecule has 0 aliphatic carbocycles. The van der Waals surface area contributed by atoms with Crippen LogP contribution in [-0.4, -0.2) is 45.6 Å². The third-order valence-electron chi connectivity index (χ3n) is 6.49. The van der Waals surface area contributed by atoms with E-state index in [4.69, 9.17) is 9.47 Å². The molecular weight excluding hydrogens is 494 g/mol. The van der Waals surface area contributed by atoms with E-state index in [1.807, 2.05) is 69.3 Å². The van der Waals surface area contributed by atoms with Gasteiger partial charge in [-0.2, -0.15) is 0 Å². The molecule has 0 radical (unpaired) electrons. The summed E-state index contributed by atoms with van der Waals surface area (Å²) >= 11 is 0. The van der Waals surface area contributed by atoms with E-state index in [2.05, 4.69) is 22.6 Å². The van der Waals surface area contributed by atoms with Crippen LogP contribution in [0.15, 0.2) is 66.7 Å². The molecule has 4 aromatic rings. The van der Waals surface area contributed by atoms with Crippen LogP contribution in [0, 0.1) is 0 Å². The lowest BCUT2D eigenvalue weighted by Gasteiger charge is -2.34. The normalized spacial score (nSPS) is 13.6. The minimum absolute atomic E-state index is 0.110. The van der Waals surface area contributed by atoms with Gasteiger partial charge in [-0.1, -0.05) is 48.5 Å². The van der Waals surface area contributed by atoms with Gasteiger partial charge in [-0.05, 0) is 62.6 Å². The van der Waals surface area contributed by atoms with Gasteiger partial charge < -0.3 is 14.8 Å². The Kier molecular flexibility index (Phi) is 7.24. The molecule has 1 unspecified atom stereocenters. The van der Waals surface area contributed by atoms with E-state index < -0.39 is 11.6 Å². The summed E-state index contributed by atoms with van der Waals surface area (Å²) in [6.07, 6.45) is 0.864. The third-order valence-corrected chi connectivity index (χ3v) is 6.49. The second-order valence-corrected chi connectivity index (χ2v) is 10.6. The van der Waals surface area contributed by atoms with Crippen molar-refractivity contribution in [2.45, 2.75) is 52.2 Å². The number of carbonyl (C=O) groups excluding carboxylic acids is 2. The second-order valence-electron chi connectivity index (χ2n) is 10.6. The van der Waals surface area contributed by atoms with Gasteiger partial charge >= 0.3 is 0 Å². The molecule has 202 valence electrons. The highest BCUT2D eigenvalue weighted by molar-refractivity contribution is 6.02. The molecule has 1 aromatic heterocycles. The molecule has 5 rings (SSSR count). The second kappa shape index (κ2) is 10.8. The van der Waals surface area contributed by atoms with Crippen LogP contribution >= 0.6 is 0 Å². The number of nitrogens with one attached hydrogen (secondary N) is 1. The van der Waals surface area contributed by atoms with Crippen molar-refractivity contribution in [1.82, 2.24) is 20.3 Å². The van der Waals surface area contributed by atoms with Gasteiger partial charge in [-0.15, -0.1) is 5.10 Å². The summed E-state index contributed by atoms with van der Waals surface area (Å²) in [7, 11) is 0. The number of aryl methyl sites for hydroxylation is 1. The van der Waals surface area contributed by atoms with Gasteiger partial charge in [0.05, 0.1) is 5.52 Å². The maximum Gasteiger partial charge on any atom is 0.249 e. The Morgan fingerprint density at radius 3 is 2.44 bits per heavy atom. The minimum Gasteiger partial charge on any atom is -0.486 e. The van der Waals surface area contributed by atoms with Crippen molar-refractivity contribution in [3.8, 4) is 11.5 Å². The van der Waals surface area contributed by atoms with Crippen LogP contribution < -0.4 is 19.7 Å². The van der Waals surface area contributed by atoms with Crippen molar-refractivity contribution in [2.75, 3.05) is 18.1 Å². The highest BCUT2D eigenvalue weighted by atomic mass is 16.6. The number of benzene rings is 3. The van der Waals surface area contributed by atoms with Crippen LogP contribution in [0.25, 0.3) is 11.0 Å². The molecule has 0 saturated carbocycles. The van der Waals surface area contributed by atoms with Crippen molar-refractivity contribution < 1.29 is 19.1 Å². The van der Waals surface area contributed by atoms with E-state index in [1.165, 1.54) is 4.90 Å². The predicted octanol–water partition coefficient (Wildman–Crippen LogP) is 4.45. The van der Waals surface area contributed by atoms with Gasteiger partial charge in [0.15, 0.2) is 11.5 Å². The van der Waals surface area contributed by atoms with E-state index in [-0.39, 0.29) is 18.4 Å². The fourth-order valence-corrected chi connectivity index (χ4v) is 4.65. The standard InChI is InChI=1S/C30H33N5O4/c1-5-20-10-12-21(13-11-20)28(29(37)31-30(2,3)4)35(22-14-15-25-26(18-22)39-17-16-38-25)27(36)19-34-24-9-7-6-8-23(24)32-33-34/h6-15,18,28H,5,16-17,19H2,1-4H3,(H,31,37). The highest BCUT2D eigenvalue weighted by Crippen LogP contribution is 2.37. The third kappa shape index (κ3) is 5.72. The molecule has 1 N–H and O–H groups in total. The zero-order chi connectivity index (χ0) is 27.6. The smallest absolute Gasteiger partial charge is 0.249 e. The van der Waals surface area contributed by atoms with Gasteiger partial charge in [0.2, 0.25) is 11.8 Å². The molecule has 0 fully saturated rings. The van der Waals surface area contributed by atoms with Crippen LogP contribution in [0.1, 0.15) is 44.9 Å². The molecule has 0 spiro atoms. The lowest BCUT2D eigenvalue weighted by molar-refractivity contribution is -0.128.